The van der Waals surface area contributed by atoms with Crippen molar-refractivity contribution < 1.29 is 27.8 Å². The number of tetrazole rings is 1. The molecule has 0 bridgehead atoms. The van der Waals surface area contributed by atoms with Crippen molar-refractivity contribution in [3.8, 4) is 22.9 Å². The number of ether oxygens (including phenoxy) is 2. The lowest BCUT2D eigenvalue weighted by atomic mass is 10.1. The van der Waals surface area contributed by atoms with Gasteiger partial charge in [0.2, 0.25) is 5.82 Å². The van der Waals surface area contributed by atoms with E-state index in [1.54, 1.807) is 24.3 Å². The monoisotopic (exact) mass is 494 g/mol. The maximum absolute atomic E-state index is 12.6. The molecule has 3 aromatic carbocycles. The maximum atomic E-state index is 12.6. The van der Waals surface area contributed by atoms with Crippen LogP contribution in [0.2, 0.25) is 0 Å². The van der Waals surface area contributed by atoms with E-state index in [4.69, 9.17) is 4.74 Å². The van der Waals surface area contributed by atoms with E-state index in [0.717, 1.165) is 17.2 Å². The predicted octanol–water partition coefficient (Wildman–Crippen LogP) is 3.07. The highest BCUT2D eigenvalue weighted by molar-refractivity contribution is 5.99. The van der Waals surface area contributed by atoms with E-state index >= 15 is 0 Å². The molecule has 0 spiro atoms. The summed E-state index contributed by atoms with van der Waals surface area (Å²) in [6.45, 7) is -2.75. The molecule has 1 heterocycles. The summed E-state index contributed by atoms with van der Waals surface area (Å²) in [4.78, 5) is 26.2. The number of aromatic nitrogens is 4. The molecule has 0 aliphatic rings. The van der Waals surface area contributed by atoms with E-state index in [0.29, 0.717) is 12.4 Å². The number of carbonyl (C=O) groups excluding carboxylic acids is 2. The van der Waals surface area contributed by atoms with E-state index in [2.05, 4.69) is 31.0 Å². The topological polar surface area (TPSA) is 120 Å². The first-order valence-corrected chi connectivity index (χ1v) is 10.6. The quantitative estimate of drug-likeness (QED) is 0.361. The van der Waals surface area contributed by atoms with Crippen molar-refractivity contribution in [2.75, 3.05) is 7.11 Å². The molecule has 0 atom stereocenters. The van der Waals surface area contributed by atoms with Gasteiger partial charge in [0.1, 0.15) is 0 Å². The van der Waals surface area contributed by atoms with Gasteiger partial charge in [0.25, 0.3) is 11.8 Å². The molecule has 4 aromatic rings. The van der Waals surface area contributed by atoms with Gasteiger partial charge in [0, 0.05) is 16.7 Å². The molecule has 0 fully saturated rings. The number of hydrogen-bond donors (Lipinski definition) is 2. The van der Waals surface area contributed by atoms with Crippen LogP contribution in [0.4, 0.5) is 8.78 Å². The Labute approximate surface area is 203 Å². The summed E-state index contributed by atoms with van der Waals surface area (Å²) in [5.74, 6) is -1.06. The van der Waals surface area contributed by atoms with Crippen LogP contribution in [-0.4, -0.2) is 45.7 Å². The van der Waals surface area contributed by atoms with Crippen molar-refractivity contribution in [1.29, 1.82) is 0 Å². The minimum atomic E-state index is -3.09. The second-order valence-electron chi connectivity index (χ2n) is 7.36. The number of benzene rings is 3. The minimum Gasteiger partial charge on any atom is -0.493 e. The van der Waals surface area contributed by atoms with Gasteiger partial charge in [-0.1, -0.05) is 42.5 Å². The largest absolute Gasteiger partial charge is 0.493 e. The molecule has 184 valence electrons. The van der Waals surface area contributed by atoms with Crippen molar-refractivity contribution in [2.45, 2.75) is 13.2 Å². The van der Waals surface area contributed by atoms with Gasteiger partial charge in [-0.25, -0.2) is 0 Å². The molecule has 4 rings (SSSR count). The number of amides is 2. The summed E-state index contributed by atoms with van der Waals surface area (Å²) in [6.07, 6.45) is 0. The number of halogens is 2. The van der Waals surface area contributed by atoms with E-state index in [-0.39, 0.29) is 22.6 Å². The fourth-order valence-corrected chi connectivity index (χ4v) is 3.20. The average Bonchev–Trinajstić information content (AvgIpc) is 3.36. The number of methoxy groups -OCH3 is 1. The molecule has 0 radical (unpaired) electrons. The standard InChI is InChI=1S/C24H20F2N6O4/c1-35-19-12-11-18(13-20(19)36-24(25)26)23(34)29-28-22(33)17-9-7-15(8-10-17)14-32-30-21(27-31-32)16-5-3-2-4-6-16/h2-13,24H,14H2,1H3,(H,28,33)(H,29,34). The first-order chi connectivity index (χ1) is 17.4. The van der Waals surface area contributed by atoms with E-state index in [1.807, 2.05) is 30.3 Å². The second-order valence-corrected chi connectivity index (χ2v) is 7.36. The Balaban J connectivity index is 1.34. The summed E-state index contributed by atoms with van der Waals surface area (Å²) in [5.41, 5.74) is 6.46. The second kappa shape index (κ2) is 11.0. The first kappa shape index (κ1) is 24.3. The summed E-state index contributed by atoms with van der Waals surface area (Å²) in [7, 11) is 1.28. The lowest BCUT2D eigenvalue weighted by molar-refractivity contribution is -0.0512. The van der Waals surface area contributed by atoms with Crippen LogP contribution in [0.3, 0.4) is 0 Å². The van der Waals surface area contributed by atoms with Gasteiger partial charge in [-0.15, -0.1) is 10.2 Å². The molecule has 0 unspecified atom stereocenters. The van der Waals surface area contributed by atoms with Crippen LogP contribution in [0.1, 0.15) is 26.3 Å². The molecule has 36 heavy (non-hydrogen) atoms. The van der Waals surface area contributed by atoms with Crippen LogP contribution in [0.25, 0.3) is 11.4 Å². The third kappa shape index (κ3) is 5.97. The molecular weight excluding hydrogens is 474 g/mol. The highest BCUT2D eigenvalue weighted by atomic mass is 19.3. The van der Waals surface area contributed by atoms with Gasteiger partial charge in [-0.05, 0) is 41.1 Å². The predicted molar refractivity (Wildman–Crippen MR) is 123 cm³/mol. The highest BCUT2D eigenvalue weighted by Crippen LogP contribution is 2.29. The molecule has 12 heteroatoms. The molecule has 10 nitrogen and oxygen atoms in total. The van der Waals surface area contributed by atoms with Gasteiger partial charge >= 0.3 is 6.61 Å². The van der Waals surface area contributed by atoms with E-state index < -0.39 is 18.4 Å². The normalized spacial score (nSPS) is 10.7. The van der Waals surface area contributed by atoms with Crippen LogP contribution in [0, 0.1) is 0 Å². The lowest BCUT2D eigenvalue weighted by Gasteiger charge is -2.12. The van der Waals surface area contributed by atoms with Gasteiger partial charge in [0.05, 0.1) is 13.7 Å². The third-order valence-corrected chi connectivity index (χ3v) is 4.96. The van der Waals surface area contributed by atoms with E-state index in [9.17, 15) is 18.4 Å². The molecule has 0 saturated heterocycles. The zero-order chi connectivity index (χ0) is 25.5. The number of rotatable bonds is 8. The number of nitrogens with zero attached hydrogens (tertiary/aromatic N) is 4. The zero-order valence-electron chi connectivity index (χ0n) is 18.9. The Kier molecular flexibility index (Phi) is 7.44. The summed E-state index contributed by atoms with van der Waals surface area (Å²) >= 11 is 0. The van der Waals surface area contributed by atoms with Crippen molar-refractivity contribution in [3.05, 3.63) is 89.5 Å². The molecule has 2 N–H and O–H groups in total. The van der Waals surface area contributed by atoms with Gasteiger partial charge in [0.15, 0.2) is 11.5 Å². The minimum absolute atomic E-state index is 0.0164. The number of nitrogens with one attached hydrogen (secondary N) is 2. The van der Waals surface area contributed by atoms with Crippen LogP contribution >= 0.6 is 0 Å². The lowest BCUT2D eigenvalue weighted by Crippen LogP contribution is -2.41. The van der Waals surface area contributed by atoms with Crippen LogP contribution < -0.4 is 20.3 Å². The highest BCUT2D eigenvalue weighted by Gasteiger charge is 2.15. The Hall–Kier alpha value is -4.87. The van der Waals surface area contributed by atoms with Crippen molar-refractivity contribution >= 4 is 11.8 Å². The number of carbonyl (C=O) groups is 2. The first-order valence-electron chi connectivity index (χ1n) is 10.6. The summed E-state index contributed by atoms with van der Waals surface area (Å²) in [6, 6.07) is 19.8. The van der Waals surface area contributed by atoms with Crippen LogP contribution in [0.5, 0.6) is 11.5 Å². The molecule has 0 aliphatic carbocycles. The molecule has 0 saturated carbocycles. The van der Waals surface area contributed by atoms with Crippen molar-refractivity contribution in [1.82, 2.24) is 31.1 Å². The molecule has 2 amide bonds. The fourth-order valence-electron chi connectivity index (χ4n) is 3.20. The van der Waals surface area contributed by atoms with Crippen LogP contribution in [0.15, 0.2) is 72.8 Å². The summed E-state index contributed by atoms with van der Waals surface area (Å²) in [5, 5.41) is 12.4. The third-order valence-electron chi connectivity index (χ3n) is 4.96. The molecule has 1 aromatic heterocycles. The van der Waals surface area contributed by atoms with Gasteiger partial charge < -0.3 is 9.47 Å². The van der Waals surface area contributed by atoms with Gasteiger partial charge in [-0.3, -0.25) is 20.4 Å². The number of hydrogen-bond acceptors (Lipinski definition) is 7. The SMILES string of the molecule is COc1ccc(C(=O)NNC(=O)c2ccc(Cn3nnc(-c4ccccc4)n3)cc2)cc1OC(F)F. The Bertz CT molecular complexity index is 1350. The van der Waals surface area contributed by atoms with E-state index in [1.165, 1.54) is 24.0 Å². The van der Waals surface area contributed by atoms with Gasteiger partial charge in [-0.2, -0.15) is 13.6 Å². The summed E-state index contributed by atoms with van der Waals surface area (Å²) < 4.78 is 34.5. The van der Waals surface area contributed by atoms with Crippen LogP contribution in [-0.2, 0) is 6.54 Å². The Morgan fingerprint density at radius 2 is 1.58 bits per heavy atom. The van der Waals surface area contributed by atoms with Crippen molar-refractivity contribution in [3.63, 3.8) is 0 Å². The smallest absolute Gasteiger partial charge is 0.387 e. The Morgan fingerprint density at radius 1 is 0.917 bits per heavy atom. The molecule has 0 aliphatic heterocycles. The fraction of sp³-hybridized carbons (Fsp3) is 0.125. The Morgan fingerprint density at radius 3 is 2.25 bits per heavy atom. The zero-order valence-corrected chi connectivity index (χ0v) is 18.9. The van der Waals surface area contributed by atoms with Crippen molar-refractivity contribution in [2.24, 2.45) is 0 Å². The maximum Gasteiger partial charge on any atom is 0.387 e. The average molecular weight is 494 g/mol. The molecular formula is C24H20F2N6O4. The number of alkyl halides is 2. The number of hydrazine groups is 1.